The van der Waals surface area contributed by atoms with E-state index in [-0.39, 0.29) is 30.7 Å². The average molecular weight is 730 g/mol. The van der Waals surface area contributed by atoms with E-state index in [0.29, 0.717) is 6.42 Å². The van der Waals surface area contributed by atoms with Crippen molar-refractivity contribution < 1.29 is 23.5 Å². The molecule has 1 unspecified atom stereocenters. The number of piperidine rings is 1. The van der Waals surface area contributed by atoms with E-state index in [0.717, 1.165) is 97.5 Å². The van der Waals surface area contributed by atoms with E-state index in [4.69, 9.17) is 14.8 Å². The number of carbonyl (C=O) groups excluding carboxylic acids is 3. The Balaban J connectivity index is 0.827. The van der Waals surface area contributed by atoms with Crippen LogP contribution < -0.4 is 15.1 Å². The number of anilines is 2. The highest BCUT2D eigenvalue weighted by Crippen LogP contribution is 2.36. The van der Waals surface area contributed by atoms with E-state index < -0.39 is 24.1 Å². The monoisotopic (exact) mass is 729 g/mol. The Morgan fingerprint density at radius 1 is 0.815 bits per heavy atom. The van der Waals surface area contributed by atoms with Gasteiger partial charge in [-0.1, -0.05) is 42.5 Å². The van der Waals surface area contributed by atoms with Crippen molar-refractivity contribution in [1.82, 2.24) is 34.7 Å². The smallest absolute Gasteiger partial charge is 0.411 e. The number of pyridine rings is 1. The average Bonchev–Trinajstić information content (AvgIpc) is 3.94. The van der Waals surface area contributed by atoms with Crippen LogP contribution in [0.4, 0.5) is 20.8 Å². The molecule has 13 nitrogen and oxygen atoms in total. The number of carbonyl (C=O) groups is 3. The number of ether oxygens (including phenoxy) is 1. The van der Waals surface area contributed by atoms with Crippen LogP contribution in [0, 0.1) is 5.82 Å². The maximum Gasteiger partial charge on any atom is 0.411 e. The van der Waals surface area contributed by atoms with Crippen molar-refractivity contribution in [3.05, 3.63) is 108 Å². The van der Waals surface area contributed by atoms with Crippen molar-refractivity contribution >= 4 is 35.2 Å². The lowest BCUT2D eigenvalue weighted by atomic mass is 10.0. The van der Waals surface area contributed by atoms with Gasteiger partial charge in [0.1, 0.15) is 35.3 Å². The SMILES string of the molecule is O=C1CCC(N2C[C@H](c3ccc(CN4CCN(c5cccc(-c6cnc7ccc(N8CCC[C@@H]8c8cccc(F)c8)nn67)n5)CC4)cc3)OC2=O)C(=O)N1. The second-order valence-corrected chi connectivity index (χ2v) is 14.4. The highest BCUT2D eigenvalue weighted by molar-refractivity contribution is 6.01. The molecule has 4 fully saturated rings. The fraction of sp³-hybridized carbons (Fsp3) is 0.350. The zero-order chi connectivity index (χ0) is 36.8. The zero-order valence-corrected chi connectivity index (χ0v) is 29.7. The van der Waals surface area contributed by atoms with Gasteiger partial charge in [-0.15, -0.1) is 5.10 Å². The molecule has 5 aromatic rings. The molecule has 4 aliphatic rings. The Kier molecular flexibility index (Phi) is 8.89. The van der Waals surface area contributed by atoms with Crippen LogP contribution in [0.1, 0.15) is 54.5 Å². The van der Waals surface area contributed by atoms with E-state index in [9.17, 15) is 18.8 Å². The van der Waals surface area contributed by atoms with Crippen molar-refractivity contribution in [1.29, 1.82) is 0 Å². The van der Waals surface area contributed by atoms with Crippen molar-refractivity contribution in [2.24, 2.45) is 0 Å². The maximum atomic E-state index is 14.1. The summed E-state index contributed by atoms with van der Waals surface area (Å²) in [5, 5.41) is 7.34. The van der Waals surface area contributed by atoms with Crippen LogP contribution in [0.3, 0.4) is 0 Å². The van der Waals surface area contributed by atoms with Gasteiger partial charge in [0.15, 0.2) is 5.65 Å². The summed E-state index contributed by atoms with van der Waals surface area (Å²) in [5.74, 6) is 0.750. The summed E-state index contributed by atoms with van der Waals surface area (Å²) in [5.41, 5.74) is 5.34. The summed E-state index contributed by atoms with van der Waals surface area (Å²) in [6.45, 7) is 5.31. The molecule has 0 bridgehead atoms. The van der Waals surface area contributed by atoms with Gasteiger partial charge in [0.25, 0.3) is 0 Å². The van der Waals surface area contributed by atoms with Crippen molar-refractivity contribution in [3.8, 4) is 11.4 Å². The van der Waals surface area contributed by atoms with Crippen LogP contribution in [0.15, 0.2) is 85.1 Å². The summed E-state index contributed by atoms with van der Waals surface area (Å²) < 4.78 is 21.6. The van der Waals surface area contributed by atoms with Gasteiger partial charge in [0.2, 0.25) is 11.8 Å². The van der Waals surface area contributed by atoms with Crippen molar-refractivity contribution in [3.63, 3.8) is 0 Å². The number of halogens is 1. The third-order valence-electron chi connectivity index (χ3n) is 11.0. The van der Waals surface area contributed by atoms with Gasteiger partial charge in [-0.25, -0.2) is 23.7 Å². The number of imide groups is 1. The highest BCUT2D eigenvalue weighted by Gasteiger charge is 2.42. The number of benzene rings is 2. The van der Waals surface area contributed by atoms with E-state index in [1.807, 2.05) is 59.2 Å². The number of hydrogen-bond donors (Lipinski definition) is 1. The minimum Gasteiger partial charge on any atom is -0.439 e. The number of piperazine rings is 1. The Morgan fingerprint density at radius 2 is 1.65 bits per heavy atom. The second kappa shape index (κ2) is 14.2. The molecule has 0 aliphatic carbocycles. The molecule has 0 radical (unpaired) electrons. The number of imidazole rings is 1. The zero-order valence-electron chi connectivity index (χ0n) is 29.7. The number of rotatable bonds is 8. The molecule has 0 spiro atoms. The molecule has 14 heteroatoms. The number of aromatic nitrogens is 4. The predicted octanol–water partition coefficient (Wildman–Crippen LogP) is 4.89. The van der Waals surface area contributed by atoms with Crippen LogP contribution in [0.2, 0.25) is 0 Å². The van der Waals surface area contributed by atoms with E-state index >= 15 is 0 Å². The van der Waals surface area contributed by atoms with Gasteiger partial charge in [-0.3, -0.25) is 24.7 Å². The van der Waals surface area contributed by atoms with Crippen LogP contribution >= 0.6 is 0 Å². The molecular formula is C40H40FN9O4. The minimum atomic E-state index is -0.685. The van der Waals surface area contributed by atoms with Crippen LogP contribution in [0.25, 0.3) is 17.0 Å². The Bertz CT molecular complexity index is 2220. The van der Waals surface area contributed by atoms with Crippen LogP contribution in [0.5, 0.6) is 0 Å². The molecule has 2 aromatic carbocycles. The van der Waals surface area contributed by atoms with Gasteiger partial charge in [0, 0.05) is 45.7 Å². The van der Waals surface area contributed by atoms with Gasteiger partial charge in [0.05, 0.1) is 24.5 Å². The Hall–Kier alpha value is -5.89. The third kappa shape index (κ3) is 6.61. The van der Waals surface area contributed by atoms with Gasteiger partial charge < -0.3 is 14.5 Å². The van der Waals surface area contributed by atoms with Crippen molar-refractivity contribution in [2.45, 2.75) is 50.4 Å². The number of nitrogens with zero attached hydrogens (tertiary/aromatic N) is 8. The summed E-state index contributed by atoms with van der Waals surface area (Å²) in [7, 11) is 0. The lowest BCUT2D eigenvalue weighted by molar-refractivity contribution is -0.136. The molecule has 7 heterocycles. The molecule has 3 atom stereocenters. The van der Waals surface area contributed by atoms with Crippen LogP contribution in [-0.4, -0.2) is 92.6 Å². The molecule has 54 heavy (non-hydrogen) atoms. The molecule has 4 aliphatic heterocycles. The first-order valence-corrected chi connectivity index (χ1v) is 18.6. The minimum absolute atomic E-state index is 0.0653. The Labute approximate surface area is 311 Å². The second-order valence-electron chi connectivity index (χ2n) is 14.4. The van der Waals surface area contributed by atoms with E-state index in [1.54, 1.807) is 12.1 Å². The van der Waals surface area contributed by atoms with Gasteiger partial charge in [-0.2, -0.15) is 0 Å². The first kappa shape index (κ1) is 33.9. The normalized spacial score (nSPS) is 22.3. The van der Waals surface area contributed by atoms with Gasteiger partial charge in [-0.05, 0) is 72.4 Å². The molecule has 276 valence electrons. The third-order valence-corrected chi connectivity index (χ3v) is 11.0. The number of cyclic esters (lactones) is 1. The largest absolute Gasteiger partial charge is 0.439 e. The lowest BCUT2D eigenvalue weighted by Gasteiger charge is -2.35. The fourth-order valence-electron chi connectivity index (χ4n) is 8.15. The first-order valence-electron chi connectivity index (χ1n) is 18.6. The van der Waals surface area contributed by atoms with Crippen LogP contribution in [-0.2, 0) is 20.9 Å². The fourth-order valence-corrected chi connectivity index (χ4v) is 8.15. The number of amides is 3. The highest BCUT2D eigenvalue weighted by atomic mass is 19.1. The lowest BCUT2D eigenvalue weighted by Crippen LogP contribution is -2.52. The number of fused-ring (bicyclic) bond motifs is 1. The Morgan fingerprint density at radius 3 is 2.46 bits per heavy atom. The maximum absolute atomic E-state index is 14.1. The summed E-state index contributed by atoms with van der Waals surface area (Å²) >= 11 is 0. The summed E-state index contributed by atoms with van der Waals surface area (Å²) in [6, 6.07) is 24.4. The summed E-state index contributed by atoms with van der Waals surface area (Å²) in [4.78, 5) is 54.5. The van der Waals surface area contributed by atoms with Gasteiger partial charge >= 0.3 is 6.09 Å². The van der Waals surface area contributed by atoms with Crippen molar-refractivity contribution in [2.75, 3.05) is 49.1 Å². The molecule has 4 saturated heterocycles. The molecule has 9 rings (SSSR count). The van der Waals surface area contributed by atoms with E-state index in [2.05, 4.69) is 37.1 Å². The quantitative estimate of drug-likeness (QED) is 0.221. The molecule has 3 amide bonds. The summed E-state index contributed by atoms with van der Waals surface area (Å²) in [6.07, 6.45) is 3.29. The molecular weight excluding hydrogens is 689 g/mol. The molecule has 1 N–H and O–H groups in total. The molecule has 3 aromatic heterocycles. The predicted molar refractivity (Wildman–Crippen MR) is 198 cm³/mol. The number of nitrogens with one attached hydrogen (secondary N) is 1. The topological polar surface area (TPSA) is 129 Å². The first-order chi connectivity index (χ1) is 26.4. The number of hydrogen-bond acceptors (Lipinski definition) is 10. The molecule has 0 saturated carbocycles. The van der Waals surface area contributed by atoms with E-state index in [1.165, 1.54) is 11.0 Å². The standard InChI is InChI=1S/C40H40FN9O4/c41-29-5-1-4-28(22-29)31-7-3-17-48(31)37-15-14-35-42-23-33(50(35)45-37)30-6-2-8-36(43-30)47-20-18-46(19-21-47)24-26-9-11-27(12-10-26)34-25-49(40(53)54-34)32-13-16-38(51)44-39(32)52/h1-2,4-6,8-12,14-15,22-23,31-32,34H,3,7,13,16-21,24-25H2,(H,44,51,52)/t31-,32?,34-/m1/s1.